The minimum absolute atomic E-state index is 0.0307. The number of carbonyl (C=O) groups excluding carboxylic acids is 1. The van der Waals surface area contributed by atoms with Crippen LogP contribution in [0, 0.1) is 18.3 Å². The maximum Gasteiger partial charge on any atom is 0.411 e. The number of halogens is 4. The van der Waals surface area contributed by atoms with Gasteiger partial charge in [0.25, 0.3) is 10.1 Å². The Morgan fingerprint density at radius 2 is 2.00 bits per heavy atom. The van der Waals surface area contributed by atoms with Crippen LogP contribution in [0.5, 0.6) is 0 Å². The van der Waals surface area contributed by atoms with Crippen LogP contribution in [0.1, 0.15) is 17.5 Å². The van der Waals surface area contributed by atoms with Crippen molar-refractivity contribution in [1.82, 2.24) is 4.90 Å². The molecule has 0 radical (unpaired) electrons. The van der Waals surface area contributed by atoms with Crippen LogP contribution in [-0.4, -0.2) is 56.5 Å². The second kappa shape index (κ2) is 6.79. The Kier molecular flexibility index (Phi) is 5.02. The molecule has 2 unspecified atom stereocenters. The summed E-state index contributed by atoms with van der Waals surface area (Å²) in [6.07, 6.45) is -5.45. The van der Waals surface area contributed by atoms with E-state index >= 15 is 0 Å². The average Bonchev–Trinajstić information content (AvgIpc) is 3.08. The van der Waals surface area contributed by atoms with E-state index in [1.165, 1.54) is 19.1 Å². The number of anilines is 1. The Hall–Kier alpha value is -2.03. The Morgan fingerprint density at radius 1 is 1.36 bits per heavy atom. The van der Waals surface area contributed by atoms with Crippen LogP contribution in [0.25, 0.3) is 0 Å². The third-order valence-electron chi connectivity index (χ3n) is 4.82. The summed E-state index contributed by atoms with van der Waals surface area (Å²) in [5, 5.41) is 8.98. The maximum atomic E-state index is 14.0. The molecule has 0 spiro atoms. The summed E-state index contributed by atoms with van der Waals surface area (Å²) >= 11 is 6.06. The Labute approximate surface area is 164 Å². The normalized spacial score (nSPS) is 25.2. The molecule has 152 valence electrons. The van der Waals surface area contributed by atoms with Gasteiger partial charge in [-0.2, -0.15) is 26.9 Å². The number of benzene rings is 1. The monoisotopic (exact) mass is 437 g/mol. The zero-order valence-electron chi connectivity index (χ0n) is 14.7. The molecule has 2 heterocycles. The Morgan fingerprint density at radius 3 is 2.54 bits per heavy atom. The van der Waals surface area contributed by atoms with E-state index in [4.69, 9.17) is 21.0 Å². The first-order valence-corrected chi connectivity index (χ1v) is 10.3. The van der Waals surface area contributed by atoms with E-state index in [9.17, 15) is 26.4 Å². The Balaban J connectivity index is 2.12. The maximum absolute atomic E-state index is 14.0. The highest BCUT2D eigenvalue weighted by Gasteiger charge is 2.63. The molecule has 7 nitrogen and oxygen atoms in total. The lowest BCUT2D eigenvalue weighted by Gasteiger charge is -2.31. The van der Waals surface area contributed by atoms with E-state index in [1.807, 2.05) is 6.07 Å². The quantitative estimate of drug-likeness (QED) is 0.678. The molecule has 2 aliphatic rings. The van der Waals surface area contributed by atoms with Crippen molar-refractivity contribution in [2.45, 2.75) is 37.7 Å². The molecule has 0 aromatic heterocycles. The number of nitriles is 1. The van der Waals surface area contributed by atoms with Crippen molar-refractivity contribution in [2.24, 2.45) is 0 Å². The molecule has 1 aromatic carbocycles. The molecule has 0 saturated carbocycles. The molecule has 28 heavy (non-hydrogen) atoms. The summed E-state index contributed by atoms with van der Waals surface area (Å²) in [6, 6.07) is -0.473. The van der Waals surface area contributed by atoms with Gasteiger partial charge in [-0.3, -0.25) is 9.08 Å². The van der Waals surface area contributed by atoms with Gasteiger partial charge in [0.05, 0.1) is 28.6 Å². The topological polar surface area (TPSA) is 90.7 Å². The largest absolute Gasteiger partial charge is 0.411 e. The fourth-order valence-electron chi connectivity index (χ4n) is 3.74. The molecule has 0 aliphatic carbocycles. The highest BCUT2D eigenvalue weighted by molar-refractivity contribution is 7.86. The number of rotatable bonds is 3. The summed E-state index contributed by atoms with van der Waals surface area (Å²) in [5.41, 5.74) is 0.116. The molecule has 12 heteroatoms. The van der Waals surface area contributed by atoms with Crippen LogP contribution in [0.15, 0.2) is 12.1 Å². The standard InChI is InChI=1S/C16H15ClF3N3O4S/c1-8-10(4-3-9(7-21)12(8)17)23-14(16(18,19)20)13-11(27-28(2,25)26)5-6-22(13)15(23)24/h3-4,11,13-14H,5-6H2,1-2H3/t11?,13-,14?/m0/s1. The van der Waals surface area contributed by atoms with Crippen molar-refractivity contribution in [2.75, 3.05) is 17.7 Å². The molecule has 2 amide bonds. The van der Waals surface area contributed by atoms with Crippen LogP contribution in [-0.2, 0) is 14.3 Å². The van der Waals surface area contributed by atoms with Gasteiger partial charge in [-0.25, -0.2) is 4.79 Å². The van der Waals surface area contributed by atoms with Gasteiger partial charge in [0.15, 0.2) is 6.04 Å². The predicted molar refractivity (Wildman–Crippen MR) is 93.4 cm³/mol. The SMILES string of the molecule is Cc1c(N2C(=O)N3CCC(OS(C)(=O)=O)[C@H]3C2C(F)(F)F)ccc(C#N)c1Cl. The summed E-state index contributed by atoms with van der Waals surface area (Å²) in [6.45, 7) is 1.34. The van der Waals surface area contributed by atoms with E-state index < -0.39 is 40.5 Å². The third kappa shape index (κ3) is 3.40. The molecule has 3 rings (SSSR count). The van der Waals surface area contributed by atoms with E-state index in [1.54, 1.807) is 0 Å². The lowest BCUT2D eigenvalue weighted by Crippen LogP contribution is -2.52. The van der Waals surface area contributed by atoms with E-state index in [0.29, 0.717) is 4.90 Å². The fraction of sp³-hybridized carbons (Fsp3) is 0.500. The minimum Gasteiger partial charge on any atom is -0.316 e. The first kappa shape index (κ1) is 20.7. The summed E-state index contributed by atoms with van der Waals surface area (Å²) in [4.78, 5) is 14.3. The van der Waals surface area contributed by atoms with Gasteiger partial charge in [-0.15, -0.1) is 0 Å². The molecular formula is C16H15ClF3N3O4S. The van der Waals surface area contributed by atoms with Gasteiger partial charge >= 0.3 is 12.2 Å². The van der Waals surface area contributed by atoms with Gasteiger partial charge in [0.1, 0.15) is 12.2 Å². The number of nitrogens with zero attached hydrogens (tertiary/aromatic N) is 3. The molecular weight excluding hydrogens is 423 g/mol. The number of hydrogen-bond acceptors (Lipinski definition) is 5. The molecule has 1 aromatic rings. The predicted octanol–water partition coefficient (Wildman–Crippen LogP) is 2.81. The van der Waals surface area contributed by atoms with E-state index in [2.05, 4.69) is 0 Å². The average molecular weight is 438 g/mol. The van der Waals surface area contributed by atoms with Crippen molar-refractivity contribution in [3.05, 3.63) is 28.3 Å². The van der Waals surface area contributed by atoms with Crippen LogP contribution in [0.3, 0.4) is 0 Å². The van der Waals surface area contributed by atoms with E-state index in [-0.39, 0.29) is 34.8 Å². The number of hydrogen-bond donors (Lipinski definition) is 0. The lowest BCUT2D eigenvalue weighted by atomic mass is 10.0. The van der Waals surface area contributed by atoms with Gasteiger partial charge in [0, 0.05) is 6.54 Å². The minimum atomic E-state index is -4.86. The van der Waals surface area contributed by atoms with Crippen LogP contribution < -0.4 is 4.90 Å². The second-order valence-electron chi connectivity index (χ2n) is 6.63. The summed E-state index contributed by atoms with van der Waals surface area (Å²) in [7, 11) is -4.02. The zero-order chi connectivity index (χ0) is 21.0. The first-order valence-electron chi connectivity index (χ1n) is 8.11. The number of amides is 2. The summed E-state index contributed by atoms with van der Waals surface area (Å²) in [5.74, 6) is 0. The molecule has 2 fully saturated rings. The van der Waals surface area contributed by atoms with Crippen LogP contribution >= 0.6 is 11.6 Å². The van der Waals surface area contributed by atoms with Gasteiger partial charge in [-0.1, -0.05) is 11.6 Å². The zero-order valence-corrected chi connectivity index (χ0v) is 16.3. The van der Waals surface area contributed by atoms with E-state index in [0.717, 1.165) is 11.2 Å². The van der Waals surface area contributed by atoms with Gasteiger partial charge in [0.2, 0.25) is 0 Å². The third-order valence-corrected chi connectivity index (χ3v) is 5.90. The van der Waals surface area contributed by atoms with Crippen molar-refractivity contribution in [1.29, 1.82) is 5.26 Å². The fourth-order valence-corrected chi connectivity index (χ4v) is 4.60. The second-order valence-corrected chi connectivity index (χ2v) is 8.61. The summed E-state index contributed by atoms with van der Waals surface area (Å²) < 4.78 is 69.7. The highest BCUT2D eigenvalue weighted by atomic mass is 35.5. The Bertz CT molecular complexity index is 977. The highest BCUT2D eigenvalue weighted by Crippen LogP contribution is 2.45. The van der Waals surface area contributed by atoms with Gasteiger partial charge in [-0.05, 0) is 31.0 Å². The van der Waals surface area contributed by atoms with Crippen LogP contribution in [0.2, 0.25) is 5.02 Å². The number of fused-ring (bicyclic) bond motifs is 1. The molecule has 0 N–H and O–H groups in total. The van der Waals surface area contributed by atoms with Crippen molar-refractivity contribution < 1.29 is 30.6 Å². The van der Waals surface area contributed by atoms with Crippen molar-refractivity contribution >= 4 is 33.4 Å². The number of carbonyl (C=O) groups is 1. The van der Waals surface area contributed by atoms with Crippen molar-refractivity contribution in [3.8, 4) is 6.07 Å². The molecule has 2 saturated heterocycles. The number of alkyl halides is 3. The lowest BCUT2D eigenvalue weighted by molar-refractivity contribution is -0.155. The number of urea groups is 1. The van der Waals surface area contributed by atoms with Crippen LogP contribution in [0.4, 0.5) is 23.7 Å². The molecule has 2 aliphatic heterocycles. The smallest absolute Gasteiger partial charge is 0.316 e. The van der Waals surface area contributed by atoms with Crippen molar-refractivity contribution in [3.63, 3.8) is 0 Å². The first-order chi connectivity index (χ1) is 12.9. The molecule has 3 atom stereocenters. The van der Waals surface area contributed by atoms with Gasteiger partial charge < -0.3 is 4.90 Å². The molecule has 0 bridgehead atoms.